The number of H-pyrrole nitrogens is 1. The maximum atomic E-state index is 8.48. The molecule has 0 saturated carbocycles. The van der Waals surface area contributed by atoms with Gasteiger partial charge >= 0.3 is 37.7 Å². The summed E-state index contributed by atoms with van der Waals surface area (Å²) >= 11 is 0. The summed E-state index contributed by atoms with van der Waals surface area (Å²) in [6.07, 6.45) is 6.92. The molecule has 1 heterocycles. The van der Waals surface area contributed by atoms with E-state index >= 15 is 0 Å². The van der Waals surface area contributed by atoms with Crippen LogP contribution in [-0.2, 0) is 4.57 Å². The molecule has 8 heteroatoms. The summed E-state index contributed by atoms with van der Waals surface area (Å²) in [5.74, 6) is 0. The first-order valence-corrected chi connectivity index (χ1v) is 3.40. The van der Waals surface area contributed by atoms with Gasteiger partial charge in [-0.1, -0.05) is 4.57 Å². The smallest absolute Gasteiger partial charge is 0.870 e. The van der Waals surface area contributed by atoms with E-state index in [0.29, 0.717) is 0 Å². The van der Waals surface area contributed by atoms with E-state index < -0.39 is 8.25 Å². The maximum absolute atomic E-state index is 8.48. The van der Waals surface area contributed by atoms with Gasteiger partial charge in [-0.15, -0.1) is 0 Å². The molecule has 0 bridgehead atoms. The van der Waals surface area contributed by atoms with Gasteiger partial charge in [0.2, 0.25) is 0 Å². The Morgan fingerprint density at radius 3 is 1.67 bits per heavy atom. The summed E-state index contributed by atoms with van der Waals surface area (Å²) in [6.45, 7) is 0. The van der Waals surface area contributed by atoms with Gasteiger partial charge in [-0.05, 0) is 0 Å². The van der Waals surface area contributed by atoms with Crippen LogP contribution in [0.3, 0.4) is 0 Å². The molecule has 1 rings (SSSR count). The van der Waals surface area contributed by atoms with Crippen molar-refractivity contribution in [2.24, 2.45) is 0 Å². The molecule has 12 heavy (non-hydrogen) atoms. The number of nitrogens with one attached hydrogen (secondary N) is 1. The Kier molecular flexibility index (Phi) is 21.0. The van der Waals surface area contributed by atoms with E-state index in [4.69, 9.17) is 14.4 Å². The first kappa shape index (κ1) is 18.2. The van der Waals surface area contributed by atoms with Crippen LogP contribution in [0.25, 0.3) is 0 Å². The van der Waals surface area contributed by atoms with E-state index in [1.807, 2.05) is 0 Å². The normalized spacial score (nSPS) is 6.17. The number of aromatic nitrogens is 2. The number of nitrogens with zero attached hydrogens (tertiary/aromatic N) is 1. The number of hydrogen-bond donors (Lipinski definition) is 0. The Morgan fingerprint density at radius 2 is 1.58 bits per heavy atom. The van der Waals surface area contributed by atoms with Gasteiger partial charge in [0.25, 0.3) is 8.25 Å². The maximum Gasteiger partial charge on any atom is 2.00 e. The number of hydrogen-bond acceptors (Lipinski definition) is 5. The molecule has 0 saturated heterocycles. The van der Waals surface area contributed by atoms with Gasteiger partial charge in [-0.2, -0.15) is 0 Å². The predicted octanol–water partition coefficient (Wildman–Crippen LogP) is -2.30. The molecule has 0 unspecified atom stereocenters. The minimum Gasteiger partial charge on any atom is -0.870 e. The van der Waals surface area contributed by atoms with Crippen LogP contribution < -0.4 is 14.8 Å². The largest absolute Gasteiger partial charge is 2.00 e. The van der Waals surface area contributed by atoms with E-state index in [-0.39, 0.29) is 43.2 Å². The molecule has 0 aliphatic rings. The molecule has 2 N–H and O–H groups in total. The summed E-state index contributed by atoms with van der Waals surface area (Å²) in [6, 6.07) is 0. The predicted molar refractivity (Wildman–Crippen MR) is 36.1 cm³/mol. The Labute approximate surface area is 99.9 Å². The van der Waals surface area contributed by atoms with Crippen LogP contribution in [-0.4, -0.2) is 48.2 Å². The average Bonchev–Trinajstić information content (AvgIpc) is 1.90. The third-order valence-electron chi connectivity index (χ3n) is 0.514. The Hall–Kier alpha value is 0.320. The van der Waals surface area contributed by atoms with E-state index in [0.717, 1.165) is 0 Å². The summed E-state index contributed by atoms with van der Waals surface area (Å²) in [5.41, 5.74) is 0. The van der Waals surface area contributed by atoms with Crippen molar-refractivity contribution >= 4 is 46.0 Å². The summed E-state index contributed by atoms with van der Waals surface area (Å²) in [7, 11) is -3.37. The second-order valence-electron chi connectivity index (χ2n) is 1.17. The van der Waals surface area contributed by atoms with Gasteiger partial charge in [0.15, 0.2) is 12.4 Å². The topological polar surface area (TPSA) is 120 Å². The molecule has 0 fully saturated rings. The van der Waals surface area contributed by atoms with Crippen LogP contribution in [0.5, 0.6) is 0 Å². The Balaban J connectivity index is -0.000000124. The van der Waals surface area contributed by atoms with Crippen LogP contribution in [0.4, 0.5) is 0 Å². The molecule has 0 atom stereocenters. The first-order chi connectivity index (χ1) is 4.73. The fraction of sp³-hybridized carbons (Fsp3) is 0. The Morgan fingerprint density at radius 1 is 1.25 bits per heavy atom. The van der Waals surface area contributed by atoms with Crippen LogP contribution in [0.1, 0.15) is 0 Å². The molecule has 1 aromatic rings. The fourth-order valence-corrected chi connectivity index (χ4v) is 0.277. The summed E-state index contributed by atoms with van der Waals surface area (Å²) in [4.78, 5) is 23.5. The fourth-order valence-electron chi connectivity index (χ4n) is 0.277. The molecule has 0 aliphatic heterocycles. The van der Waals surface area contributed by atoms with Crippen molar-refractivity contribution in [1.29, 1.82) is 0 Å². The van der Waals surface area contributed by atoms with Crippen LogP contribution in [0.2, 0.25) is 0 Å². The van der Waals surface area contributed by atoms with E-state index in [9.17, 15) is 0 Å². The monoisotopic (exact) mass is 217 g/mol. The summed E-state index contributed by atoms with van der Waals surface area (Å²) in [5, 5.41) is 0. The average molecular weight is 217 g/mol. The standard InChI is InChI=1S/C4H4N2.Ca.HO3P.H2O/c1-2-6-4-3-5-1;;1-4(2)3;/h1-4H;;(H,1,2,3);1H2/q;+2;;/p-1. The van der Waals surface area contributed by atoms with Gasteiger partial charge in [-0.25, -0.2) is 4.98 Å². The molecule has 0 aliphatic carbocycles. The Bertz CT molecular complexity index is 157. The second-order valence-corrected chi connectivity index (χ2v) is 1.62. The van der Waals surface area contributed by atoms with Crippen molar-refractivity contribution in [1.82, 2.24) is 4.98 Å². The zero-order chi connectivity index (χ0) is 7.82. The molecular formula is C4H6CaN2O4P+. The molecule has 62 valence electrons. The molecule has 6 nitrogen and oxygen atoms in total. The second kappa shape index (κ2) is 13.9. The zero-order valence-electron chi connectivity index (χ0n) is 6.08. The van der Waals surface area contributed by atoms with Crippen molar-refractivity contribution < 1.29 is 24.8 Å². The zero-order valence-corrected chi connectivity index (χ0v) is 9.19. The quantitative estimate of drug-likeness (QED) is 0.357. The van der Waals surface area contributed by atoms with Crippen LogP contribution in [0.15, 0.2) is 24.8 Å². The third kappa shape index (κ3) is 22.4. The number of aromatic amines is 1. The van der Waals surface area contributed by atoms with Gasteiger partial charge in [0.1, 0.15) is 0 Å². The van der Waals surface area contributed by atoms with Crippen molar-refractivity contribution in [3.05, 3.63) is 24.8 Å². The van der Waals surface area contributed by atoms with Crippen LogP contribution in [0, 0.1) is 0 Å². The van der Waals surface area contributed by atoms with Gasteiger partial charge in [-0.3, -0.25) is 4.98 Å². The van der Waals surface area contributed by atoms with E-state index in [2.05, 4.69) is 9.97 Å². The minimum atomic E-state index is -3.37. The van der Waals surface area contributed by atoms with Gasteiger partial charge in [0, 0.05) is 0 Å². The molecule has 0 spiro atoms. The molecule has 0 radical (unpaired) electrons. The van der Waals surface area contributed by atoms with Gasteiger partial charge < -0.3 is 15.3 Å². The molecule has 0 amide bonds. The van der Waals surface area contributed by atoms with Crippen molar-refractivity contribution in [2.45, 2.75) is 0 Å². The van der Waals surface area contributed by atoms with Crippen LogP contribution >= 0.6 is 8.25 Å². The summed E-state index contributed by atoms with van der Waals surface area (Å²) < 4.78 is 8.48. The first-order valence-electron chi connectivity index (χ1n) is 2.31. The van der Waals surface area contributed by atoms with Crippen molar-refractivity contribution in [3.63, 3.8) is 0 Å². The molecular weight excluding hydrogens is 211 g/mol. The van der Waals surface area contributed by atoms with Crippen molar-refractivity contribution in [2.75, 3.05) is 0 Å². The minimum absolute atomic E-state index is 0. The van der Waals surface area contributed by atoms with E-state index in [1.54, 1.807) is 24.8 Å². The molecule has 0 aromatic carbocycles. The third-order valence-corrected chi connectivity index (χ3v) is 0.514. The SMILES string of the molecule is O=[P+]([O-])[O-].[Ca+2].[OH-].c1c[nH+]ccn1. The number of rotatable bonds is 0. The van der Waals surface area contributed by atoms with Gasteiger partial charge in [0.05, 0.1) is 12.4 Å². The van der Waals surface area contributed by atoms with Crippen molar-refractivity contribution in [3.8, 4) is 0 Å². The van der Waals surface area contributed by atoms with E-state index in [1.165, 1.54) is 0 Å². The molecule has 1 aromatic heterocycles.